The van der Waals surface area contributed by atoms with Crippen LogP contribution in [0.2, 0.25) is 0 Å². The van der Waals surface area contributed by atoms with Crippen LogP contribution in [0.3, 0.4) is 0 Å². The standard InChI is InChI=1S/C29H29N3O3/c1-31(2)18-26-19(12-15-35-26)8-10-27(33)32-14-11-23-22-5-3-4-6-24(22)30-28(23)29(32)21-7-9-25-20(17-21)13-16-34-25/h3-10,12,15,17,29-30H,11,13-14,16,18H2,1-2H3/t29-/m1/s1. The summed E-state index contributed by atoms with van der Waals surface area (Å²) in [5.41, 5.74) is 6.78. The molecular formula is C29H29N3O3. The van der Waals surface area contributed by atoms with E-state index in [1.54, 1.807) is 12.3 Å². The number of amides is 1. The monoisotopic (exact) mass is 467 g/mol. The smallest absolute Gasteiger partial charge is 0.247 e. The molecule has 4 heterocycles. The molecule has 1 atom stereocenters. The molecule has 1 amide bonds. The lowest BCUT2D eigenvalue weighted by Gasteiger charge is -2.36. The Balaban J connectivity index is 1.38. The van der Waals surface area contributed by atoms with E-state index in [4.69, 9.17) is 9.15 Å². The van der Waals surface area contributed by atoms with Gasteiger partial charge in [-0.05, 0) is 67.5 Å². The molecular weight excluding hydrogens is 438 g/mol. The normalized spacial score (nSPS) is 17.2. The molecule has 2 aromatic heterocycles. The fourth-order valence-corrected chi connectivity index (χ4v) is 5.37. The molecule has 6 nitrogen and oxygen atoms in total. The second kappa shape index (κ2) is 8.78. The average molecular weight is 468 g/mol. The van der Waals surface area contributed by atoms with E-state index in [0.29, 0.717) is 19.7 Å². The van der Waals surface area contributed by atoms with E-state index in [-0.39, 0.29) is 11.9 Å². The second-order valence-corrected chi connectivity index (χ2v) is 9.58. The highest BCUT2D eigenvalue weighted by molar-refractivity contribution is 5.93. The first-order chi connectivity index (χ1) is 17.1. The predicted molar refractivity (Wildman–Crippen MR) is 136 cm³/mol. The van der Waals surface area contributed by atoms with Gasteiger partial charge in [-0.2, -0.15) is 0 Å². The summed E-state index contributed by atoms with van der Waals surface area (Å²) in [6.07, 6.45) is 6.95. The average Bonchev–Trinajstić information content (AvgIpc) is 3.59. The van der Waals surface area contributed by atoms with Gasteiger partial charge in [0, 0.05) is 41.2 Å². The summed E-state index contributed by atoms with van der Waals surface area (Å²) < 4.78 is 11.4. The van der Waals surface area contributed by atoms with E-state index in [2.05, 4.69) is 35.3 Å². The molecule has 6 heteroatoms. The molecule has 2 aliphatic heterocycles. The van der Waals surface area contributed by atoms with Crippen LogP contribution < -0.4 is 4.74 Å². The highest BCUT2D eigenvalue weighted by Crippen LogP contribution is 2.40. The number of H-pyrrole nitrogens is 1. The van der Waals surface area contributed by atoms with Crippen molar-refractivity contribution in [3.8, 4) is 5.75 Å². The lowest BCUT2D eigenvalue weighted by Crippen LogP contribution is -2.39. The van der Waals surface area contributed by atoms with Crippen LogP contribution in [-0.4, -0.2) is 47.9 Å². The minimum absolute atomic E-state index is 0.00643. The van der Waals surface area contributed by atoms with Crippen molar-refractivity contribution in [2.75, 3.05) is 27.2 Å². The molecule has 2 aliphatic rings. The van der Waals surface area contributed by atoms with Gasteiger partial charge < -0.3 is 23.9 Å². The van der Waals surface area contributed by atoms with Crippen LogP contribution >= 0.6 is 0 Å². The van der Waals surface area contributed by atoms with Gasteiger partial charge in [0.1, 0.15) is 11.5 Å². The molecule has 0 aliphatic carbocycles. The lowest BCUT2D eigenvalue weighted by molar-refractivity contribution is -0.128. The van der Waals surface area contributed by atoms with Crippen molar-refractivity contribution < 1.29 is 13.9 Å². The summed E-state index contributed by atoms with van der Waals surface area (Å²) in [6, 6.07) is 16.5. The van der Waals surface area contributed by atoms with Crippen LogP contribution in [0, 0.1) is 0 Å². The fourth-order valence-electron chi connectivity index (χ4n) is 5.37. The maximum atomic E-state index is 13.6. The first-order valence-corrected chi connectivity index (χ1v) is 12.1. The summed E-state index contributed by atoms with van der Waals surface area (Å²) in [5.74, 6) is 1.80. The van der Waals surface area contributed by atoms with Crippen LogP contribution in [0.25, 0.3) is 17.0 Å². The number of para-hydroxylation sites is 1. The van der Waals surface area contributed by atoms with Crippen LogP contribution in [0.4, 0.5) is 0 Å². The number of carbonyl (C=O) groups is 1. The predicted octanol–water partition coefficient (Wildman–Crippen LogP) is 4.94. The van der Waals surface area contributed by atoms with Gasteiger partial charge in [0.05, 0.1) is 25.5 Å². The molecule has 178 valence electrons. The van der Waals surface area contributed by atoms with Gasteiger partial charge in [0.2, 0.25) is 5.91 Å². The Kier molecular flexibility index (Phi) is 5.46. The molecule has 6 rings (SSSR count). The number of nitrogens with one attached hydrogen (secondary N) is 1. The van der Waals surface area contributed by atoms with Crippen molar-refractivity contribution >= 4 is 22.9 Å². The van der Waals surface area contributed by atoms with Crippen molar-refractivity contribution in [3.05, 3.63) is 94.6 Å². The quantitative estimate of drug-likeness (QED) is 0.422. The van der Waals surface area contributed by atoms with Crippen molar-refractivity contribution in [1.29, 1.82) is 0 Å². The summed E-state index contributed by atoms with van der Waals surface area (Å²) in [6.45, 7) is 2.06. The third kappa shape index (κ3) is 3.94. The topological polar surface area (TPSA) is 61.7 Å². The molecule has 35 heavy (non-hydrogen) atoms. The van der Waals surface area contributed by atoms with E-state index < -0.39 is 0 Å². The Morgan fingerprint density at radius 1 is 1.17 bits per heavy atom. The van der Waals surface area contributed by atoms with Gasteiger partial charge in [-0.3, -0.25) is 4.79 Å². The minimum Gasteiger partial charge on any atom is -0.493 e. The Morgan fingerprint density at radius 3 is 2.94 bits per heavy atom. The number of fused-ring (bicyclic) bond motifs is 4. The molecule has 0 saturated carbocycles. The summed E-state index contributed by atoms with van der Waals surface area (Å²) in [4.78, 5) is 21.3. The van der Waals surface area contributed by atoms with Crippen LogP contribution in [0.1, 0.15) is 39.7 Å². The number of carbonyl (C=O) groups excluding carboxylic acids is 1. The van der Waals surface area contributed by atoms with Crippen molar-refractivity contribution in [1.82, 2.24) is 14.8 Å². The van der Waals surface area contributed by atoms with E-state index >= 15 is 0 Å². The van der Waals surface area contributed by atoms with Gasteiger partial charge >= 0.3 is 0 Å². The Hall–Kier alpha value is -3.77. The molecule has 0 spiro atoms. The molecule has 0 saturated heterocycles. The van der Waals surface area contributed by atoms with E-state index in [1.165, 1.54) is 16.5 Å². The number of aromatic amines is 1. The number of ether oxygens (including phenoxy) is 1. The van der Waals surface area contributed by atoms with Gasteiger partial charge in [0.25, 0.3) is 0 Å². The number of furan rings is 1. The molecule has 0 fully saturated rings. The summed E-state index contributed by atoms with van der Waals surface area (Å²) >= 11 is 0. The molecule has 1 N–H and O–H groups in total. The highest BCUT2D eigenvalue weighted by Gasteiger charge is 2.34. The highest BCUT2D eigenvalue weighted by atomic mass is 16.5. The van der Waals surface area contributed by atoms with Crippen molar-refractivity contribution in [2.45, 2.75) is 25.4 Å². The molecule has 0 bridgehead atoms. The van der Waals surface area contributed by atoms with Crippen LogP contribution in [0.15, 0.2) is 65.3 Å². The Bertz CT molecular complexity index is 1430. The van der Waals surface area contributed by atoms with E-state index in [1.807, 2.05) is 48.2 Å². The Morgan fingerprint density at radius 2 is 2.06 bits per heavy atom. The summed E-state index contributed by atoms with van der Waals surface area (Å²) in [5, 5.41) is 1.24. The van der Waals surface area contributed by atoms with E-state index in [0.717, 1.165) is 46.7 Å². The zero-order chi connectivity index (χ0) is 23.9. The fraction of sp³-hybridized carbons (Fsp3) is 0.276. The first kappa shape index (κ1) is 21.7. The number of benzene rings is 2. The summed E-state index contributed by atoms with van der Waals surface area (Å²) in [7, 11) is 4.00. The van der Waals surface area contributed by atoms with Crippen molar-refractivity contribution in [3.63, 3.8) is 0 Å². The van der Waals surface area contributed by atoms with Crippen LogP contribution in [0.5, 0.6) is 5.75 Å². The SMILES string of the molecule is CN(C)Cc1occc1C=CC(=O)N1CCc2c([nH]c3ccccc23)[C@H]1c1ccc2c(c1)CCO2. The molecule has 0 unspecified atom stereocenters. The minimum atomic E-state index is -0.181. The third-order valence-electron chi connectivity index (χ3n) is 6.99. The zero-order valence-corrected chi connectivity index (χ0v) is 20.1. The third-order valence-corrected chi connectivity index (χ3v) is 6.99. The molecule has 4 aromatic rings. The Labute approximate surface area is 204 Å². The zero-order valence-electron chi connectivity index (χ0n) is 20.1. The van der Waals surface area contributed by atoms with Gasteiger partial charge in [0.15, 0.2) is 0 Å². The van der Waals surface area contributed by atoms with E-state index in [9.17, 15) is 4.79 Å². The number of hydrogen-bond acceptors (Lipinski definition) is 4. The van der Waals surface area contributed by atoms with Gasteiger partial charge in [-0.15, -0.1) is 0 Å². The van der Waals surface area contributed by atoms with Gasteiger partial charge in [-0.1, -0.05) is 24.3 Å². The number of aromatic nitrogens is 1. The van der Waals surface area contributed by atoms with Crippen LogP contribution in [-0.2, 0) is 24.2 Å². The number of nitrogens with zero attached hydrogens (tertiary/aromatic N) is 2. The van der Waals surface area contributed by atoms with Gasteiger partial charge in [-0.25, -0.2) is 0 Å². The largest absolute Gasteiger partial charge is 0.493 e. The number of hydrogen-bond donors (Lipinski definition) is 1. The molecule has 2 aromatic carbocycles. The lowest BCUT2D eigenvalue weighted by atomic mass is 9.91. The van der Waals surface area contributed by atoms with Crippen molar-refractivity contribution in [2.24, 2.45) is 0 Å². The molecule has 0 radical (unpaired) electrons. The first-order valence-electron chi connectivity index (χ1n) is 12.1. The maximum Gasteiger partial charge on any atom is 0.247 e. The maximum absolute atomic E-state index is 13.6. The number of rotatable bonds is 5. The second-order valence-electron chi connectivity index (χ2n) is 9.58.